The molecule has 5 heterocycles. The van der Waals surface area contributed by atoms with Crippen molar-refractivity contribution in [1.82, 2.24) is 30.0 Å². The lowest BCUT2D eigenvalue weighted by molar-refractivity contribution is 0.198. The molecule has 10 heteroatoms. The van der Waals surface area contributed by atoms with Crippen molar-refractivity contribution in [3.8, 4) is 0 Å². The van der Waals surface area contributed by atoms with Crippen molar-refractivity contribution in [3.63, 3.8) is 0 Å². The molecule has 0 aliphatic carbocycles. The molecule has 2 fully saturated rings. The smallest absolute Gasteiger partial charge is 0.232 e. The zero-order valence-corrected chi connectivity index (χ0v) is 18.0. The van der Waals surface area contributed by atoms with Crippen molar-refractivity contribution in [1.29, 1.82) is 0 Å². The Morgan fingerprint density at radius 2 is 1.84 bits per heavy atom. The number of hydrogen-bond acceptors (Lipinski definition) is 9. The van der Waals surface area contributed by atoms with E-state index in [4.69, 9.17) is 9.97 Å². The summed E-state index contributed by atoms with van der Waals surface area (Å²) in [6.07, 6.45) is 4.10. The summed E-state index contributed by atoms with van der Waals surface area (Å²) in [6.45, 7) is 9.26. The fraction of sp³-hybridized carbons (Fsp3) is 0.524. The number of hydrogen-bond donors (Lipinski definition) is 3. The molecule has 0 aromatic carbocycles. The van der Waals surface area contributed by atoms with Gasteiger partial charge in [0.15, 0.2) is 0 Å². The number of aliphatic hydroxyl groups excluding tert-OH is 1. The molecule has 2 saturated heterocycles. The molecule has 31 heavy (non-hydrogen) atoms. The second-order valence-electron chi connectivity index (χ2n) is 8.47. The highest BCUT2D eigenvalue weighted by molar-refractivity contribution is 5.81. The summed E-state index contributed by atoms with van der Waals surface area (Å²) < 4.78 is 1.98. The minimum absolute atomic E-state index is 0.258. The van der Waals surface area contributed by atoms with E-state index in [2.05, 4.69) is 44.4 Å². The van der Waals surface area contributed by atoms with Gasteiger partial charge in [-0.05, 0) is 20.3 Å². The molecule has 2 aliphatic heterocycles. The molecule has 0 radical (unpaired) electrons. The highest BCUT2D eigenvalue weighted by Crippen LogP contribution is 2.27. The van der Waals surface area contributed by atoms with Gasteiger partial charge in [0.05, 0.1) is 17.8 Å². The fourth-order valence-corrected chi connectivity index (χ4v) is 4.18. The molecule has 1 unspecified atom stereocenters. The zero-order valence-electron chi connectivity index (χ0n) is 18.0. The molecule has 0 spiro atoms. The first-order valence-electron chi connectivity index (χ1n) is 10.9. The minimum Gasteiger partial charge on any atom is -0.391 e. The average molecular weight is 424 g/mol. The van der Waals surface area contributed by atoms with Crippen molar-refractivity contribution < 1.29 is 5.11 Å². The summed E-state index contributed by atoms with van der Waals surface area (Å²) >= 11 is 0. The predicted molar refractivity (Wildman–Crippen MR) is 121 cm³/mol. The Balaban J connectivity index is 1.48. The molecular formula is C21H29N9O. The molecule has 164 valence electrons. The molecule has 0 amide bonds. The fourth-order valence-electron chi connectivity index (χ4n) is 4.18. The Bertz CT molecular complexity index is 1040. The second-order valence-corrected chi connectivity index (χ2v) is 8.47. The van der Waals surface area contributed by atoms with E-state index >= 15 is 0 Å². The molecular weight excluding hydrogens is 394 g/mol. The van der Waals surface area contributed by atoms with Crippen LogP contribution in [-0.2, 0) is 0 Å². The molecule has 2 aliphatic rings. The molecule has 3 N–H and O–H groups in total. The van der Waals surface area contributed by atoms with Gasteiger partial charge in [-0.25, -0.2) is 4.98 Å². The maximum atomic E-state index is 10.00. The molecule has 0 bridgehead atoms. The first-order chi connectivity index (χ1) is 15.1. The summed E-state index contributed by atoms with van der Waals surface area (Å²) in [5.74, 6) is 2.91. The quantitative estimate of drug-likeness (QED) is 0.563. The SMILES string of the molecule is CC(C)n1ncc2cnc(Nc3nc(N4CCNCC4)cc(N4CCC(O)C4)n3)cc21. The summed E-state index contributed by atoms with van der Waals surface area (Å²) in [7, 11) is 0. The van der Waals surface area contributed by atoms with Gasteiger partial charge in [-0.15, -0.1) is 0 Å². The molecule has 3 aromatic heterocycles. The van der Waals surface area contributed by atoms with Crippen molar-refractivity contribution >= 4 is 34.3 Å². The van der Waals surface area contributed by atoms with E-state index in [-0.39, 0.29) is 12.1 Å². The van der Waals surface area contributed by atoms with Gasteiger partial charge in [0.25, 0.3) is 0 Å². The highest BCUT2D eigenvalue weighted by Gasteiger charge is 2.24. The maximum absolute atomic E-state index is 10.00. The van der Waals surface area contributed by atoms with Gasteiger partial charge in [-0.1, -0.05) is 0 Å². The number of anilines is 4. The van der Waals surface area contributed by atoms with Crippen molar-refractivity contribution in [2.24, 2.45) is 0 Å². The Kier molecular flexibility index (Phi) is 5.33. The summed E-state index contributed by atoms with van der Waals surface area (Å²) in [6, 6.07) is 4.27. The van der Waals surface area contributed by atoms with Crippen molar-refractivity contribution in [2.45, 2.75) is 32.4 Å². The van der Waals surface area contributed by atoms with E-state index in [0.717, 1.165) is 61.7 Å². The Labute approximate surface area is 181 Å². The number of piperazine rings is 1. The lowest BCUT2D eigenvalue weighted by atomic mass is 10.3. The standard InChI is InChI=1S/C21H29N9O/c1-14(2)30-17-9-18(23-11-15(17)12-24-30)25-21-26-19(28-7-4-22-5-8-28)10-20(27-21)29-6-3-16(31)13-29/h9-12,14,16,22,31H,3-8,13H2,1-2H3,(H,23,25,26,27). The van der Waals surface area contributed by atoms with Gasteiger partial charge in [-0.2, -0.15) is 15.1 Å². The van der Waals surface area contributed by atoms with E-state index in [1.165, 1.54) is 0 Å². The van der Waals surface area contributed by atoms with Crippen LogP contribution in [-0.4, -0.2) is 75.2 Å². The molecule has 10 nitrogen and oxygen atoms in total. The van der Waals surface area contributed by atoms with Crippen LogP contribution in [0.4, 0.5) is 23.4 Å². The van der Waals surface area contributed by atoms with Crippen LogP contribution in [0.25, 0.3) is 10.9 Å². The monoisotopic (exact) mass is 423 g/mol. The van der Waals surface area contributed by atoms with Crippen LogP contribution in [0.2, 0.25) is 0 Å². The van der Waals surface area contributed by atoms with Gasteiger partial charge in [-0.3, -0.25) is 4.68 Å². The maximum Gasteiger partial charge on any atom is 0.232 e. The Morgan fingerprint density at radius 1 is 1.06 bits per heavy atom. The van der Waals surface area contributed by atoms with E-state index in [0.29, 0.717) is 18.3 Å². The first kappa shape index (κ1) is 20.0. The van der Waals surface area contributed by atoms with Gasteiger partial charge >= 0.3 is 0 Å². The highest BCUT2D eigenvalue weighted by atomic mass is 16.3. The van der Waals surface area contributed by atoms with Crippen LogP contribution in [0.3, 0.4) is 0 Å². The molecule has 1 atom stereocenters. The topological polar surface area (TPSA) is 107 Å². The van der Waals surface area contributed by atoms with Gasteiger partial charge in [0.2, 0.25) is 5.95 Å². The number of nitrogens with one attached hydrogen (secondary N) is 2. The lowest BCUT2D eigenvalue weighted by Gasteiger charge is -2.29. The van der Waals surface area contributed by atoms with Gasteiger partial charge in [0, 0.05) is 69.0 Å². The predicted octanol–water partition coefficient (Wildman–Crippen LogP) is 1.53. The molecule has 0 saturated carbocycles. The van der Waals surface area contributed by atoms with Gasteiger partial charge < -0.3 is 25.5 Å². The van der Waals surface area contributed by atoms with Crippen LogP contribution < -0.4 is 20.4 Å². The summed E-state index contributed by atoms with van der Waals surface area (Å²) in [5.41, 5.74) is 1.02. The molecule has 3 aromatic rings. The minimum atomic E-state index is -0.311. The molecule has 5 rings (SSSR count). The van der Waals surface area contributed by atoms with E-state index in [1.807, 2.05) is 29.2 Å². The zero-order chi connectivity index (χ0) is 21.4. The van der Waals surface area contributed by atoms with Crippen LogP contribution in [0.15, 0.2) is 24.5 Å². The Hall–Kier alpha value is -2.98. The Morgan fingerprint density at radius 3 is 2.55 bits per heavy atom. The third-order valence-corrected chi connectivity index (χ3v) is 5.84. The number of aromatic nitrogens is 5. The lowest BCUT2D eigenvalue weighted by Crippen LogP contribution is -2.44. The van der Waals surface area contributed by atoms with Crippen LogP contribution in [0.5, 0.6) is 0 Å². The van der Waals surface area contributed by atoms with E-state index < -0.39 is 0 Å². The number of aliphatic hydroxyl groups is 1. The van der Waals surface area contributed by atoms with Crippen LogP contribution >= 0.6 is 0 Å². The third-order valence-electron chi connectivity index (χ3n) is 5.84. The summed E-state index contributed by atoms with van der Waals surface area (Å²) in [5, 5.41) is 22.1. The average Bonchev–Trinajstić information content (AvgIpc) is 3.40. The van der Waals surface area contributed by atoms with Crippen molar-refractivity contribution in [2.75, 3.05) is 54.4 Å². The van der Waals surface area contributed by atoms with Gasteiger partial charge in [0.1, 0.15) is 17.5 Å². The number of nitrogens with zero attached hydrogens (tertiary/aromatic N) is 7. The van der Waals surface area contributed by atoms with Crippen molar-refractivity contribution in [3.05, 3.63) is 24.5 Å². The normalized spacial score (nSPS) is 19.5. The van der Waals surface area contributed by atoms with Crippen LogP contribution in [0.1, 0.15) is 26.3 Å². The first-order valence-corrected chi connectivity index (χ1v) is 10.9. The second kappa shape index (κ2) is 8.27. The number of pyridine rings is 1. The number of fused-ring (bicyclic) bond motifs is 1. The summed E-state index contributed by atoms with van der Waals surface area (Å²) in [4.78, 5) is 18.5. The largest absolute Gasteiger partial charge is 0.391 e. The number of rotatable bonds is 5. The van der Waals surface area contributed by atoms with E-state index in [9.17, 15) is 5.11 Å². The van der Waals surface area contributed by atoms with Crippen LogP contribution in [0, 0.1) is 0 Å². The third kappa shape index (κ3) is 4.13. The number of β-amino-alcohol motifs (C(OH)–C–C–N with tert-alkyl or cyclic N) is 1. The van der Waals surface area contributed by atoms with E-state index in [1.54, 1.807) is 0 Å².